The first-order valence-electron chi connectivity index (χ1n) is 8.19. The van der Waals surface area contributed by atoms with Crippen molar-refractivity contribution in [2.45, 2.75) is 9.79 Å². The molecule has 1 aromatic heterocycles. The molecule has 168 valence electrons. The minimum atomic E-state index is -4.47. The number of hydrogen-bond donors (Lipinski definition) is 4. The SMILES string of the molecule is O=C(O)Oc1[nH]n(-c2ccc(S(=O)(=O)O)cc2)c(=O)c1N=Nc1ccc(S(=O)(=O)O)cc1. The van der Waals surface area contributed by atoms with Crippen LogP contribution in [0.2, 0.25) is 0 Å². The third-order valence-corrected chi connectivity index (χ3v) is 5.55. The van der Waals surface area contributed by atoms with Gasteiger partial charge < -0.3 is 9.84 Å². The molecule has 0 bridgehead atoms. The molecule has 0 unspecified atom stereocenters. The Hall–Kier alpha value is -3.86. The molecule has 2 aromatic carbocycles. The molecule has 0 atom stereocenters. The van der Waals surface area contributed by atoms with Crippen molar-refractivity contribution in [2.24, 2.45) is 10.2 Å². The molecule has 0 aliphatic rings. The first kappa shape index (κ1) is 22.8. The average Bonchev–Trinajstić information content (AvgIpc) is 3.00. The lowest BCUT2D eigenvalue weighted by molar-refractivity contribution is 0.142. The maximum absolute atomic E-state index is 12.7. The molecule has 3 rings (SSSR count). The van der Waals surface area contributed by atoms with E-state index in [0.29, 0.717) is 0 Å². The zero-order valence-corrected chi connectivity index (χ0v) is 17.1. The van der Waals surface area contributed by atoms with Gasteiger partial charge in [-0.05, 0) is 48.5 Å². The van der Waals surface area contributed by atoms with E-state index >= 15 is 0 Å². The number of benzene rings is 2. The Balaban J connectivity index is 2.02. The summed E-state index contributed by atoms with van der Waals surface area (Å²) in [4.78, 5) is 22.8. The van der Waals surface area contributed by atoms with Crippen molar-refractivity contribution < 1.29 is 40.6 Å². The molecule has 0 saturated carbocycles. The van der Waals surface area contributed by atoms with Crippen LogP contribution >= 0.6 is 0 Å². The molecule has 4 N–H and O–H groups in total. The lowest BCUT2D eigenvalue weighted by atomic mass is 10.3. The number of azo groups is 1. The summed E-state index contributed by atoms with van der Waals surface area (Å²) >= 11 is 0. The molecule has 16 heteroatoms. The van der Waals surface area contributed by atoms with Gasteiger partial charge in [-0.15, -0.1) is 5.11 Å². The summed E-state index contributed by atoms with van der Waals surface area (Å²) < 4.78 is 67.7. The Bertz CT molecular complexity index is 1470. The summed E-state index contributed by atoms with van der Waals surface area (Å²) in [5.41, 5.74) is -1.37. The second-order valence-corrected chi connectivity index (χ2v) is 8.78. The fourth-order valence-corrected chi connectivity index (χ4v) is 3.36. The van der Waals surface area contributed by atoms with Crippen molar-refractivity contribution in [1.82, 2.24) is 9.78 Å². The smallest absolute Gasteiger partial charge is 0.449 e. The Labute approximate surface area is 178 Å². The van der Waals surface area contributed by atoms with E-state index in [1.165, 1.54) is 12.1 Å². The molecule has 0 aliphatic heterocycles. The highest BCUT2D eigenvalue weighted by Crippen LogP contribution is 2.26. The van der Waals surface area contributed by atoms with Gasteiger partial charge in [-0.25, -0.2) is 9.48 Å². The van der Waals surface area contributed by atoms with Crippen LogP contribution < -0.4 is 10.3 Å². The van der Waals surface area contributed by atoms with Crippen molar-refractivity contribution in [1.29, 1.82) is 0 Å². The number of hydrogen-bond acceptors (Lipinski definition) is 9. The van der Waals surface area contributed by atoms with Gasteiger partial charge in [0.05, 0.1) is 21.2 Å². The number of rotatable bonds is 6. The van der Waals surface area contributed by atoms with Gasteiger partial charge >= 0.3 is 11.7 Å². The molecule has 0 amide bonds. The van der Waals surface area contributed by atoms with Crippen molar-refractivity contribution in [3.63, 3.8) is 0 Å². The normalized spacial score (nSPS) is 12.2. The van der Waals surface area contributed by atoms with Crippen molar-refractivity contribution in [2.75, 3.05) is 0 Å². The van der Waals surface area contributed by atoms with Gasteiger partial charge in [-0.2, -0.15) is 21.9 Å². The van der Waals surface area contributed by atoms with Gasteiger partial charge in [0.2, 0.25) is 5.69 Å². The fourth-order valence-electron chi connectivity index (χ4n) is 2.40. The van der Waals surface area contributed by atoms with Crippen LogP contribution in [-0.2, 0) is 20.2 Å². The molecule has 1 heterocycles. The van der Waals surface area contributed by atoms with Crippen LogP contribution in [0.1, 0.15) is 0 Å². The monoisotopic (exact) mass is 484 g/mol. The van der Waals surface area contributed by atoms with Crippen molar-refractivity contribution in [3.8, 4) is 11.6 Å². The fraction of sp³-hybridized carbons (Fsp3) is 0. The minimum absolute atomic E-state index is 0.0524. The molecule has 0 spiro atoms. The standard InChI is InChI=1S/C16H12N4O10S2/c21-15-13(18-17-9-1-5-11(6-2-9)31(24,25)26)14(30-16(22)23)19-20(15)10-3-7-12(8-4-10)32(27,28)29/h1-8,19H,(H,22,23)(H,24,25,26)(H,27,28,29). The van der Waals surface area contributed by atoms with Crippen LogP contribution in [0.5, 0.6) is 5.88 Å². The average molecular weight is 484 g/mol. The summed E-state index contributed by atoms with van der Waals surface area (Å²) in [6.07, 6.45) is -1.77. The van der Waals surface area contributed by atoms with E-state index in [1.807, 2.05) is 0 Å². The predicted octanol–water partition coefficient (Wildman–Crippen LogP) is 2.13. The molecular formula is C16H12N4O10S2. The Kier molecular flexibility index (Phi) is 5.95. The maximum atomic E-state index is 12.7. The van der Waals surface area contributed by atoms with Crippen LogP contribution in [-0.4, -0.2) is 47.0 Å². The number of aromatic nitrogens is 2. The van der Waals surface area contributed by atoms with Gasteiger partial charge in [-0.3, -0.25) is 19.0 Å². The summed E-state index contributed by atoms with van der Waals surface area (Å²) in [6.45, 7) is 0. The number of H-pyrrole nitrogens is 1. The van der Waals surface area contributed by atoms with E-state index in [-0.39, 0.29) is 11.4 Å². The number of nitrogens with zero attached hydrogens (tertiary/aromatic N) is 3. The third-order valence-electron chi connectivity index (χ3n) is 3.82. The summed E-state index contributed by atoms with van der Waals surface area (Å²) in [7, 11) is -8.89. The van der Waals surface area contributed by atoms with Gasteiger partial charge in [0.15, 0.2) is 0 Å². The molecule has 3 aromatic rings. The molecule has 0 fully saturated rings. The number of nitrogens with one attached hydrogen (secondary N) is 1. The van der Waals surface area contributed by atoms with Crippen LogP contribution in [0.3, 0.4) is 0 Å². The van der Waals surface area contributed by atoms with Crippen LogP contribution in [0, 0.1) is 0 Å². The Morgan fingerprint density at radius 2 is 1.38 bits per heavy atom. The zero-order chi connectivity index (χ0) is 23.7. The first-order chi connectivity index (χ1) is 14.9. The highest BCUT2D eigenvalue weighted by molar-refractivity contribution is 7.86. The van der Waals surface area contributed by atoms with Gasteiger partial charge in [0, 0.05) is 0 Å². The van der Waals surface area contributed by atoms with Crippen LogP contribution in [0.4, 0.5) is 16.2 Å². The summed E-state index contributed by atoms with van der Waals surface area (Å²) in [5, 5.41) is 18.6. The van der Waals surface area contributed by atoms with Crippen molar-refractivity contribution in [3.05, 3.63) is 58.9 Å². The highest BCUT2D eigenvalue weighted by atomic mass is 32.2. The first-order valence-corrected chi connectivity index (χ1v) is 11.1. The number of carbonyl (C=O) groups is 1. The zero-order valence-electron chi connectivity index (χ0n) is 15.5. The molecule has 14 nitrogen and oxygen atoms in total. The maximum Gasteiger partial charge on any atom is 0.512 e. The largest absolute Gasteiger partial charge is 0.512 e. The van der Waals surface area contributed by atoms with E-state index < -0.39 is 53.3 Å². The van der Waals surface area contributed by atoms with E-state index in [0.717, 1.165) is 41.1 Å². The number of aromatic amines is 1. The molecule has 0 aliphatic carbocycles. The second kappa shape index (κ2) is 8.35. The predicted molar refractivity (Wildman–Crippen MR) is 105 cm³/mol. The van der Waals surface area contributed by atoms with Gasteiger partial charge in [0.1, 0.15) is 0 Å². The summed E-state index contributed by atoms with van der Waals surface area (Å²) in [5.74, 6) is -0.598. The minimum Gasteiger partial charge on any atom is -0.449 e. The lowest BCUT2D eigenvalue weighted by Gasteiger charge is -2.02. The highest BCUT2D eigenvalue weighted by Gasteiger charge is 2.20. The van der Waals surface area contributed by atoms with Gasteiger partial charge in [0.25, 0.3) is 26.1 Å². The molecule has 0 saturated heterocycles. The second-order valence-electron chi connectivity index (χ2n) is 5.94. The topological polar surface area (TPSA) is 218 Å². The quantitative estimate of drug-likeness (QED) is 0.227. The molecule has 32 heavy (non-hydrogen) atoms. The van der Waals surface area contributed by atoms with Crippen molar-refractivity contribution >= 4 is 37.8 Å². The van der Waals surface area contributed by atoms with Gasteiger partial charge in [-0.1, -0.05) is 0 Å². The van der Waals surface area contributed by atoms with Crippen LogP contribution in [0.15, 0.2) is 73.3 Å². The molecule has 0 radical (unpaired) electrons. The number of carboxylic acid groups (broad SMARTS) is 1. The summed E-state index contributed by atoms with van der Waals surface area (Å²) in [6, 6.07) is 8.73. The Morgan fingerprint density at radius 3 is 1.84 bits per heavy atom. The third kappa shape index (κ3) is 5.06. The lowest BCUT2D eigenvalue weighted by Crippen LogP contribution is -2.14. The van der Waals surface area contributed by atoms with E-state index in [1.54, 1.807) is 0 Å². The number of ether oxygens (including phenoxy) is 1. The van der Waals surface area contributed by atoms with E-state index in [2.05, 4.69) is 20.1 Å². The Morgan fingerprint density at radius 1 is 0.875 bits per heavy atom. The van der Waals surface area contributed by atoms with Crippen LogP contribution in [0.25, 0.3) is 5.69 Å². The van der Waals surface area contributed by atoms with E-state index in [4.69, 9.17) is 14.2 Å². The molecular weight excluding hydrogens is 472 g/mol. The van der Waals surface area contributed by atoms with E-state index in [9.17, 15) is 26.4 Å².